The van der Waals surface area contributed by atoms with Crippen LogP contribution < -0.4 is 0 Å². The van der Waals surface area contributed by atoms with Crippen molar-refractivity contribution < 1.29 is 4.79 Å². The highest BCUT2D eigenvalue weighted by Gasteiger charge is 2.32. The van der Waals surface area contributed by atoms with Crippen molar-refractivity contribution in [1.82, 2.24) is 19.6 Å². The van der Waals surface area contributed by atoms with E-state index in [1.54, 1.807) is 19.0 Å². The van der Waals surface area contributed by atoms with Crippen LogP contribution in [0.15, 0.2) is 12.7 Å². The maximum Gasteiger partial charge on any atom is 0.274 e. The standard InChI is InChI=1S/C19H30N4O/c1-4-11-23-17-10-9-15(22-12-7-5-6-8-13-22)14-16(17)18(20-23)19(24)21(2)3/h4,15H,1,5-14H2,2-3H3. The second-order valence-electron chi connectivity index (χ2n) is 7.29. The first-order valence-corrected chi connectivity index (χ1v) is 9.27. The van der Waals surface area contributed by atoms with Gasteiger partial charge < -0.3 is 9.80 Å². The Morgan fingerprint density at radius 3 is 2.62 bits per heavy atom. The first-order valence-electron chi connectivity index (χ1n) is 9.27. The summed E-state index contributed by atoms with van der Waals surface area (Å²) < 4.78 is 1.98. The number of hydrogen-bond donors (Lipinski definition) is 0. The van der Waals surface area contributed by atoms with Gasteiger partial charge in [0.25, 0.3) is 5.91 Å². The van der Waals surface area contributed by atoms with E-state index >= 15 is 0 Å². The van der Waals surface area contributed by atoms with E-state index < -0.39 is 0 Å². The molecule has 2 aliphatic rings. The second-order valence-corrected chi connectivity index (χ2v) is 7.29. The Morgan fingerprint density at radius 1 is 1.29 bits per heavy atom. The molecule has 132 valence electrons. The molecule has 5 nitrogen and oxygen atoms in total. The summed E-state index contributed by atoms with van der Waals surface area (Å²) in [6.45, 7) is 6.92. The molecular formula is C19H30N4O. The molecular weight excluding hydrogens is 300 g/mol. The molecule has 5 heteroatoms. The molecule has 1 aromatic heterocycles. The minimum atomic E-state index is 0.0191. The molecule has 0 spiro atoms. The molecule has 0 bridgehead atoms. The Bertz CT molecular complexity index is 597. The number of amides is 1. The SMILES string of the molecule is C=CCn1nc(C(=O)N(C)C)c2c1CCC(N1CCCCCC1)C2. The molecule has 1 saturated heterocycles. The molecule has 1 atom stereocenters. The van der Waals surface area contributed by atoms with Crippen molar-refractivity contribution in [2.24, 2.45) is 0 Å². The van der Waals surface area contributed by atoms with E-state index in [1.165, 1.54) is 56.5 Å². The Balaban J connectivity index is 1.87. The fourth-order valence-electron chi connectivity index (χ4n) is 4.10. The fraction of sp³-hybridized carbons (Fsp3) is 0.684. The summed E-state index contributed by atoms with van der Waals surface area (Å²) in [4.78, 5) is 16.9. The van der Waals surface area contributed by atoms with Gasteiger partial charge in [0.1, 0.15) is 0 Å². The lowest BCUT2D eigenvalue weighted by Crippen LogP contribution is -2.40. The lowest BCUT2D eigenvalue weighted by atomic mass is 9.90. The number of nitrogens with zero attached hydrogens (tertiary/aromatic N) is 4. The molecule has 1 fully saturated rings. The largest absolute Gasteiger partial charge is 0.343 e. The van der Waals surface area contributed by atoms with Crippen molar-refractivity contribution in [3.05, 3.63) is 29.6 Å². The minimum absolute atomic E-state index is 0.0191. The van der Waals surface area contributed by atoms with Gasteiger partial charge in [-0.25, -0.2) is 0 Å². The summed E-state index contributed by atoms with van der Waals surface area (Å²) in [5.41, 5.74) is 3.07. The number of fused-ring (bicyclic) bond motifs is 1. The average Bonchev–Trinajstić information content (AvgIpc) is 2.76. The van der Waals surface area contributed by atoms with E-state index in [-0.39, 0.29) is 5.91 Å². The summed E-state index contributed by atoms with van der Waals surface area (Å²) in [5, 5.41) is 4.64. The van der Waals surface area contributed by atoms with Gasteiger partial charge in [-0.1, -0.05) is 18.9 Å². The van der Waals surface area contributed by atoms with Crippen molar-refractivity contribution in [3.63, 3.8) is 0 Å². The zero-order valence-electron chi connectivity index (χ0n) is 15.1. The van der Waals surface area contributed by atoms with Crippen LogP contribution in [0.25, 0.3) is 0 Å². The quantitative estimate of drug-likeness (QED) is 0.797. The van der Waals surface area contributed by atoms with E-state index in [9.17, 15) is 4.79 Å². The number of carbonyl (C=O) groups excluding carboxylic acids is 1. The highest BCUT2D eigenvalue weighted by atomic mass is 16.2. The van der Waals surface area contributed by atoms with E-state index in [2.05, 4.69) is 16.6 Å². The number of allylic oxidation sites excluding steroid dienone is 1. The Hall–Kier alpha value is -1.62. The molecule has 0 N–H and O–H groups in total. The van der Waals surface area contributed by atoms with Crippen LogP contribution in [0.3, 0.4) is 0 Å². The number of likely N-dealkylation sites (tertiary alicyclic amines) is 1. The first kappa shape index (κ1) is 17.2. The van der Waals surface area contributed by atoms with Crippen molar-refractivity contribution in [1.29, 1.82) is 0 Å². The summed E-state index contributed by atoms with van der Waals surface area (Å²) in [6.07, 6.45) is 10.3. The van der Waals surface area contributed by atoms with Crippen molar-refractivity contribution in [3.8, 4) is 0 Å². The zero-order valence-corrected chi connectivity index (χ0v) is 15.1. The van der Waals surface area contributed by atoms with E-state index in [0.717, 1.165) is 12.8 Å². The van der Waals surface area contributed by atoms with Crippen LogP contribution in [-0.4, -0.2) is 58.7 Å². The summed E-state index contributed by atoms with van der Waals surface area (Å²) in [5.74, 6) is 0.0191. The monoisotopic (exact) mass is 330 g/mol. The third-order valence-corrected chi connectivity index (χ3v) is 5.39. The van der Waals surface area contributed by atoms with E-state index in [0.29, 0.717) is 18.3 Å². The minimum Gasteiger partial charge on any atom is -0.343 e. The highest BCUT2D eigenvalue weighted by Crippen LogP contribution is 2.29. The van der Waals surface area contributed by atoms with Crippen molar-refractivity contribution in [2.75, 3.05) is 27.2 Å². The third kappa shape index (κ3) is 3.41. The van der Waals surface area contributed by atoms with Crippen molar-refractivity contribution in [2.45, 2.75) is 57.5 Å². The second kappa shape index (κ2) is 7.51. The summed E-state index contributed by atoms with van der Waals surface area (Å²) in [7, 11) is 3.60. The number of hydrogen-bond acceptors (Lipinski definition) is 3. The van der Waals surface area contributed by atoms with Crippen LogP contribution in [0.5, 0.6) is 0 Å². The van der Waals surface area contributed by atoms with Crippen LogP contribution in [-0.2, 0) is 19.4 Å². The van der Waals surface area contributed by atoms with Gasteiger partial charge in [-0.2, -0.15) is 5.10 Å². The van der Waals surface area contributed by atoms with Crippen molar-refractivity contribution >= 4 is 5.91 Å². The molecule has 1 aliphatic heterocycles. The Kier molecular flexibility index (Phi) is 5.39. The topological polar surface area (TPSA) is 41.4 Å². The van der Waals surface area contributed by atoms with Crippen LogP contribution >= 0.6 is 0 Å². The Morgan fingerprint density at radius 2 is 2.00 bits per heavy atom. The maximum absolute atomic E-state index is 12.6. The molecule has 0 aromatic carbocycles. The molecule has 1 aliphatic carbocycles. The summed E-state index contributed by atoms with van der Waals surface area (Å²) in [6, 6.07) is 0.561. The van der Waals surface area contributed by atoms with Crippen LogP contribution in [0.4, 0.5) is 0 Å². The number of rotatable bonds is 4. The van der Waals surface area contributed by atoms with Crippen LogP contribution in [0.2, 0.25) is 0 Å². The van der Waals surface area contributed by atoms with Gasteiger partial charge in [-0.15, -0.1) is 6.58 Å². The zero-order chi connectivity index (χ0) is 17.1. The van der Waals surface area contributed by atoms with Gasteiger partial charge in [0, 0.05) is 31.4 Å². The Labute approximate surface area is 145 Å². The molecule has 3 rings (SSSR count). The molecule has 2 heterocycles. The van der Waals surface area contributed by atoms with Gasteiger partial charge in [-0.3, -0.25) is 9.48 Å². The third-order valence-electron chi connectivity index (χ3n) is 5.39. The van der Waals surface area contributed by atoms with Gasteiger partial charge in [0.15, 0.2) is 5.69 Å². The number of carbonyl (C=O) groups is 1. The predicted octanol–water partition coefficient (Wildman–Crippen LogP) is 2.50. The predicted molar refractivity (Wildman–Crippen MR) is 96.3 cm³/mol. The fourth-order valence-corrected chi connectivity index (χ4v) is 4.10. The lowest BCUT2D eigenvalue weighted by Gasteiger charge is -2.33. The maximum atomic E-state index is 12.6. The van der Waals surface area contributed by atoms with Crippen LogP contribution in [0.1, 0.15) is 53.8 Å². The molecule has 1 amide bonds. The molecule has 0 radical (unpaired) electrons. The lowest BCUT2D eigenvalue weighted by molar-refractivity contribution is 0.0819. The van der Waals surface area contributed by atoms with Gasteiger partial charge in [0.05, 0.1) is 6.54 Å². The van der Waals surface area contributed by atoms with Gasteiger partial charge >= 0.3 is 0 Å². The molecule has 1 aromatic rings. The van der Waals surface area contributed by atoms with E-state index in [1.807, 2.05) is 10.8 Å². The number of aromatic nitrogens is 2. The summed E-state index contributed by atoms with van der Waals surface area (Å²) >= 11 is 0. The first-order chi connectivity index (χ1) is 11.6. The molecule has 24 heavy (non-hydrogen) atoms. The average molecular weight is 330 g/mol. The molecule has 1 unspecified atom stereocenters. The van der Waals surface area contributed by atoms with Gasteiger partial charge in [-0.05, 0) is 45.2 Å². The highest BCUT2D eigenvalue weighted by molar-refractivity contribution is 5.93. The van der Waals surface area contributed by atoms with Gasteiger partial charge in [0.2, 0.25) is 0 Å². The van der Waals surface area contributed by atoms with Crippen LogP contribution in [0, 0.1) is 0 Å². The normalized spacial score (nSPS) is 21.8. The smallest absolute Gasteiger partial charge is 0.274 e. The van der Waals surface area contributed by atoms with E-state index in [4.69, 9.17) is 0 Å². The molecule has 0 saturated carbocycles.